The SMILES string of the molecule is COC(=O)CN(Cc1cc(OC)cc(OC)c1)C(=O)c1ccc(-n2nc(C)c(Cl)c2C)cc1. The molecule has 3 rings (SSSR count). The minimum Gasteiger partial charge on any atom is -0.497 e. The van der Waals surface area contributed by atoms with Crippen LogP contribution in [-0.2, 0) is 16.1 Å². The molecule has 8 nitrogen and oxygen atoms in total. The van der Waals surface area contributed by atoms with Crippen molar-refractivity contribution >= 4 is 23.5 Å². The van der Waals surface area contributed by atoms with Crippen LogP contribution in [0.4, 0.5) is 0 Å². The number of halogens is 1. The van der Waals surface area contributed by atoms with E-state index in [9.17, 15) is 9.59 Å². The van der Waals surface area contributed by atoms with Crippen molar-refractivity contribution < 1.29 is 23.8 Å². The van der Waals surface area contributed by atoms with E-state index in [4.69, 9.17) is 25.8 Å². The summed E-state index contributed by atoms with van der Waals surface area (Å²) in [7, 11) is 4.38. The summed E-state index contributed by atoms with van der Waals surface area (Å²) in [6.45, 7) is 3.67. The number of hydrogen-bond acceptors (Lipinski definition) is 6. The highest BCUT2D eigenvalue weighted by atomic mass is 35.5. The maximum absolute atomic E-state index is 13.3. The average molecular weight is 472 g/mol. The molecule has 0 atom stereocenters. The first-order chi connectivity index (χ1) is 15.8. The third-order valence-corrected chi connectivity index (χ3v) is 5.73. The average Bonchev–Trinajstić information content (AvgIpc) is 3.09. The fourth-order valence-electron chi connectivity index (χ4n) is 3.40. The molecule has 0 N–H and O–H groups in total. The number of rotatable bonds is 8. The molecular weight excluding hydrogens is 446 g/mol. The molecule has 0 fully saturated rings. The number of methoxy groups -OCH3 is 3. The molecular formula is C24H26ClN3O5. The number of amides is 1. The highest BCUT2D eigenvalue weighted by Crippen LogP contribution is 2.25. The highest BCUT2D eigenvalue weighted by Gasteiger charge is 2.21. The van der Waals surface area contributed by atoms with Gasteiger partial charge in [0.25, 0.3) is 5.91 Å². The minimum atomic E-state index is -0.521. The topological polar surface area (TPSA) is 82.9 Å². The van der Waals surface area contributed by atoms with Gasteiger partial charge in [-0.25, -0.2) is 4.68 Å². The van der Waals surface area contributed by atoms with Gasteiger partial charge >= 0.3 is 5.97 Å². The lowest BCUT2D eigenvalue weighted by molar-refractivity contribution is -0.141. The van der Waals surface area contributed by atoms with Crippen molar-refractivity contribution in [2.75, 3.05) is 27.9 Å². The molecule has 0 saturated carbocycles. The summed E-state index contributed by atoms with van der Waals surface area (Å²) in [5.74, 6) is 0.331. The normalized spacial score (nSPS) is 10.6. The molecule has 33 heavy (non-hydrogen) atoms. The van der Waals surface area contributed by atoms with Crippen LogP contribution in [0, 0.1) is 13.8 Å². The summed E-state index contributed by atoms with van der Waals surface area (Å²) in [6.07, 6.45) is 0. The van der Waals surface area contributed by atoms with E-state index < -0.39 is 5.97 Å². The monoisotopic (exact) mass is 471 g/mol. The lowest BCUT2D eigenvalue weighted by Gasteiger charge is -2.22. The number of aromatic nitrogens is 2. The van der Waals surface area contributed by atoms with Crippen LogP contribution in [0.2, 0.25) is 5.02 Å². The molecule has 0 spiro atoms. The van der Waals surface area contributed by atoms with Crippen molar-refractivity contribution in [3.63, 3.8) is 0 Å². The third-order valence-electron chi connectivity index (χ3n) is 5.18. The van der Waals surface area contributed by atoms with Gasteiger partial charge in [0.1, 0.15) is 18.0 Å². The zero-order chi connectivity index (χ0) is 24.1. The number of carbonyl (C=O) groups is 2. The number of ether oxygens (including phenoxy) is 3. The van der Waals surface area contributed by atoms with E-state index in [-0.39, 0.29) is 19.0 Å². The number of benzene rings is 2. The molecule has 0 unspecified atom stereocenters. The molecule has 1 aromatic heterocycles. The molecule has 0 saturated heterocycles. The van der Waals surface area contributed by atoms with Crippen LogP contribution in [0.5, 0.6) is 11.5 Å². The first-order valence-electron chi connectivity index (χ1n) is 10.2. The molecule has 0 bridgehead atoms. The van der Waals surface area contributed by atoms with Crippen LogP contribution >= 0.6 is 11.6 Å². The van der Waals surface area contributed by atoms with Crippen LogP contribution in [0.25, 0.3) is 5.69 Å². The van der Waals surface area contributed by atoms with E-state index in [2.05, 4.69) is 5.10 Å². The molecule has 0 aliphatic rings. The Morgan fingerprint density at radius 2 is 1.61 bits per heavy atom. The third kappa shape index (κ3) is 5.46. The molecule has 2 aromatic carbocycles. The second-order valence-electron chi connectivity index (χ2n) is 7.40. The quantitative estimate of drug-likeness (QED) is 0.462. The van der Waals surface area contributed by atoms with Crippen LogP contribution in [0.3, 0.4) is 0 Å². The summed E-state index contributed by atoms with van der Waals surface area (Å²) in [4.78, 5) is 26.7. The lowest BCUT2D eigenvalue weighted by atomic mass is 10.1. The first-order valence-corrected chi connectivity index (χ1v) is 10.5. The number of esters is 1. The smallest absolute Gasteiger partial charge is 0.325 e. The van der Waals surface area contributed by atoms with E-state index in [1.54, 1.807) is 61.4 Å². The van der Waals surface area contributed by atoms with Crippen LogP contribution in [0.1, 0.15) is 27.3 Å². The van der Waals surface area contributed by atoms with Crippen molar-refractivity contribution in [3.8, 4) is 17.2 Å². The van der Waals surface area contributed by atoms with Crippen molar-refractivity contribution in [3.05, 3.63) is 70.0 Å². The van der Waals surface area contributed by atoms with Gasteiger partial charge in [-0.15, -0.1) is 0 Å². The molecule has 174 valence electrons. The maximum atomic E-state index is 13.3. The second kappa shape index (κ2) is 10.4. The number of nitrogens with zero attached hydrogens (tertiary/aromatic N) is 3. The van der Waals surface area contributed by atoms with E-state index in [0.717, 1.165) is 22.6 Å². The largest absolute Gasteiger partial charge is 0.497 e. The summed E-state index contributed by atoms with van der Waals surface area (Å²) in [6, 6.07) is 12.3. The Kier molecular flexibility index (Phi) is 7.60. The molecule has 0 aliphatic carbocycles. The van der Waals surface area contributed by atoms with Crippen molar-refractivity contribution in [2.45, 2.75) is 20.4 Å². The van der Waals surface area contributed by atoms with E-state index in [1.807, 2.05) is 13.8 Å². The van der Waals surface area contributed by atoms with Gasteiger partial charge in [0, 0.05) is 18.2 Å². The van der Waals surface area contributed by atoms with E-state index in [0.29, 0.717) is 22.1 Å². The summed E-state index contributed by atoms with van der Waals surface area (Å²) >= 11 is 6.25. The molecule has 0 radical (unpaired) electrons. The fraction of sp³-hybridized carbons (Fsp3) is 0.292. The van der Waals surface area contributed by atoms with Crippen molar-refractivity contribution in [1.29, 1.82) is 0 Å². The number of aryl methyl sites for hydroxylation is 1. The molecule has 1 heterocycles. The number of carbonyl (C=O) groups excluding carboxylic acids is 2. The Bertz CT molecular complexity index is 1140. The van der Waals surface area contributed by atoms with Crippen LogP contribution in [-0.4, -0.2) is 54.4 Å². The Morgan fingerprint density at radius 1 is 1.00 bits per heavy atom. The summed E-state index contributed by atoms with van der Waals surface area (Å²) in [5, 5.41) is 5.04. The van der Waals surface area contributed by atoms with Gasteiger partial charge in [0.15, 0.2) is 0 Å². The van der Waals surface area contributed by atoms with Crippen LogP contribution < -0.4 is 9.47 Å². The van der Waals surface area contributed by atoms with Gasteiger partial charge in [0.05, 0.1) is 43.4 Å². The van der Waals surface area contributed by atoms with Gasteiger partial charge in [0.2, 0.25) is 0 Å². The van der Waals surface area contributed by atoms with E-state index >= 15 is 0 Å². The van der Waals surface area contributed by atoms with Crippen molar-refractivity contribution in [2.24, 2.45) is 0 Å². The molecule has 0 aliphatic heterocycles. The van der Waals surface area contributed by atoms with Crippen molar-refractivity contribution in [1.82, 2.24) is 14.7 Å². The van der Waals surface area contributed by atoms with Gasteiger partial charge in [-0.3, -0.25) is 9.59 Å². The van der Waals surface area contributed by atoms with Gasteiger partial charge in [-0.1, -0.05) is 11.6 Å². The molecule has 3 aromatic rings. The Labute approximate surface area is 197 Å². The standard InChI is InChI=1S/C24H26ClN3O5/c1-15-23(25)16(2)28(26-15)19-8-6-18(7-9-19)24(30)27(14-22(29)33-5)13-17-10-20(31-3)12-21(11-17)32-4/h6-12H,13-14H2,1-5H3. The predicted molar refractivity (Wildman–Crippen MR) is 124 cm³/mol. The predicted octanol–water partition coefficient (Wildman–Crippen LogP) is 3.98. The summed E-state index contributed by atoms with van der Waals surface area (Å²) in [5.41, 5.74) is 3.48. The minimum absolute atomic E-state index is 0.163. The number of hydrogen-bond donors (Lipinski definition) is 0. The molecule has 9 heteroatoms. The zero-order valence-electron chi connectivity index (χ0n) is 19.2. The maximum Gasteiger partial charge on any atom is 0.325 e. The molecule has 1 amide bonds. The summed E-state index contributed by atoms with van der Waals surface area (Å²) < 4.78 is 17.1. The van der Waals surface area contributed by atoms with Crippen LogP contribution in [0.15, 0.2) is 42.5 Å². The zero-order valence-corrected chi connectivity index (χ0v) is 20.0. The fourth-order valence-corrected chi connectivity index (χ4v) is 3.52. The Balaban J connectivity index is 1.89. The Hall–Kier alpha value is -3.52. The Morgan fingerprint density at radius 3 is 2.09 bits per heavy atom. The highest BCUT2D eigenvalue weighted by molar-refractivity contribution is 6.31. The second-order valence-corrected chi connectivity index (χ2v) is 7.78. The van der Waals surface area contributed by atoms with Gasteiger partial charge < -0.3 is 19.1 Å². The van der Waals surface area contributed by atoms with Gasteiger partial charge in [-0.05, 0) is 55.8 Å². The van der Waals surface area contributed by atoms with Gasteiger partial charge in [-0.2, -0.15) is 5.10 Å². The first kappa shape index (κ1) is 24.1. The van der Waals surface area contributed by atoms with E-state index in [1.165, 1.54) is 12.0 Å². The lowest BCUT2D eigenvalue weighted by Crippen LogP contribution is -2.35.